The van der Waals surface area contributed by atoms with Gasteiger partial charge in [-0.25, -0.2) is 0 Å². The zero-order valence-electron chi connectivity index (χ0n) is 21.2. The molecule has 0 bridgehead atoms. The van der Waals surface area contributed by atoms with Crippen molar-refractivity contribution >= 4 is 0 Å². The molecule has 0 aliphatic rings. The SMILES string of the molecule is CCCc1ccc(C(c2cc(-c3ccc(O)cc3)ccc2O)c2cc(-c3ccc(O)cc3)ccc2O)cc1. The number of hydrogen-bond donors (Lipinski definition) is 4. The maximum Gasteiger partial charge on any atom is 0.119 e. The first kappa shape index (κ1) is 25.0. The molecule has 5 rings (SSSR count). The molecule has 0 fully saturated rings. The van der Waals surface area contributed by atoms with E-state index in [1.54, 1.807) is 36.4 Å². The van der Waals surface area contributed by atoms with E-state index in [9.17, 15) is 20.4 Å². The van der Waals surface area contributed by atoms with Crippen molar-refractivity contribution in [2.45, 2.75) is 25.7 Å². The summed E-state index contributed by atoms with van der Waals surface area (Å²) in [5.74, 6) is 0.191. The van der Waals surface area contributed by atoms with E-state index in [0.717, 1.165) is 40.7 Å². The topological polar surface area (TPSA) is 80.9 Å². The van der Waals surface area contributed by atoms with Crippen molar-refractivity contribution in [2.75, 3.05) is 0 Å². The smallest absolute Gasteiger partial charge is 0.119 e. The molecule has 0 aliphatic heterocycles. The fourth-order valence-electron chi connectivity index (χ4n) is 4.93. The van der Waals surface area contributed by atoms with Crippen LogP contribution in [0.5, 0.6) is 23.0 Å². The molecular weight excluding hydrogens is 472 g/mol. The summed E-state index contributed by atoms with van der Waals surface area (Å²) in [5.41, 5.74) is 7.10. The minimum Gasteiger partial charge on any atom is -0.508 e. The van der Waals surface area contributed by atoms with Crippen LogP contribution in [0.1, 0.15) is 41.5 Å². The van der Waals surface area contributed by atoms with Gasteiger partial charge in [-0.15, -0.1) is 0 Å². The number of aryl methyl sites for hydroxylation is 1. The van der Waals surface area contributed by atoms with Crippen LogP contribution in [-0.2, 0) is 6.42 Å². The molecule has 0 radical (unpaired) electrons. The van der Waals surface area contributed by atoms with E-state index in [2.05, 4.69) is 31.2 Å². The van der Waals surface area contributed by atoms with Crippen molar-refractivity contribution in [1.82, 2.24) is 0 Å². The molecule has 4 N–H and O–H groups in total. The number of hydrogen-bond acceptors (Lipinski definition) is 4. The second-order valence-electron chi connectivity index (χ2n) is 9.57. The van der Waals surface area contributed by atoms with Gasteiger partial charge in [-0.05, 0) is 88.3 Å². The van der Waals surface area contributed by atoms with E-state index in [-0.39, 0.29) is 23.0 Å². The molecule has 0 saturated carbocycles. The average Bonchev–Trinajstić information content (AvgIpc) is 2.93. The lowest BCUT2D eigenvalue weighted by Gasteiger charge is -2.23. The third-order valence-electron chi connectivity index (χ3n) is 6.93. The van der Waals surface area contributed by atoms with E-state index in [1.165, 1.54) is 5.56 Å². The first-order chi connectivity index (χ1) is 18.4. The van der Waals surface area contributed by atoms with Crippen LogP contribution in [0, 0.1) is 0 Å². The lowest BCUT2D eigenvalue weighted by molar-refractivity contribution is 0.458. The summed E-state index contributed by atoms with van der Waals surface area (Å²) < 4.78 is 0. The van der Waals surface area contributed by atoms with Crippen molar-refractivity contribution in [3.05, 3.63) is 131 Å². The second-order valence-corrected chi connectivity index (χ2v) is 9.57. The number of phenolic OH excluding ortho intramolecular Hbond substituents is 4. The fraction of sp³-hybridized carbons (Fsp3) is 0.118. The van der Waals surface area contributed by atoms with Crippen LogP contribution >= 0.6 is 0 Å². The first-order valence-corrected chi connectivity index (χ1v) is 12.8. The molecule has 4 nitrogen and oxygen atoms in total. The molecule has 5 aromatic rings. The van der Waals surface area contributed by atoms with Gasteiger partial charge in [0.15, 0.2) is 0 Å². The third-order valence-corrected chi connectivity index (χ3v) is 6.93. The van der Waals surface area contributed by atoms with Crippen molar-refractivity contribution in [1.29, 1.82) is 0 Å². The minimum absolute atomic E-state index is 0.129. The highest BCUT2D eigenvalue weighted by molar-refractivity contribution is 5.71. The van der Waals surface area contributed by atoms with Crippen molar-refractivity contribution in [3.8, 4) is 45.3 Å². The van der Waals surface area contributed by atoms with Gasteiger partial charge in [0, 0.05) is 17.0 Å². The van der Waals surface area contributed by atoms with Gasteiger partial charge in [-0.1, -0.05) is 74.0 Å². The highest BCUT2D eigenvalue weighted by Gasteiger charge is 2.24. The summed E-state index contributed by atoms with van der Waals surface area (Å²) in [6.07, 6.45) is 2.03. The maximum atomic E-state index is 11.1. The standard InChI is InChI=1S/C34H30O4/c1-2-3-22-4-6-25(7-5-22)34(30-20-26(12-18-32(30)37)23-8-14-28(35)15-9-23)31-21-27(13-19-33(31)38)24-10-16-29(36)17-11-24/h4-21,34-38H,2-3H2,1H3. The Kier molecular flexibility index (Phi) is 7.05. The third kappa shape index (κ3) is 5.21. The molecule has 0 atom stereocenters. The first-order valence-electron chi connectivity index (χ1n) is 12.8. The summed E-state index contributed by atoms with van der Waals surface area (Å²) in [6, 6.07) is 33.2. The van der Waals surface area contributed by atoms with Crippen molar-refractivity contribution in [3.63, 3.8) is 0 Å². The van der Waals surface area contributed by atoms with Gasteiger partial charge >= 0.3 is 0 Å². The summed E-state index contributed by atoms with van der Waals surface area (Å²) in [6.45, 7) is 2.15. The second kappa shape index (κ2) is 10.7. The Morgan fingerprint density at radius 3 is 1.34 bits per heavy atom. The highest BCUT2D eigenvalue weighted by atomic mass is 16.3. The van der Waals surface area contributed by atoms with Crippen LogP contribution in [-0.4, -0.2) is 20.4 Å². The van der Waals surface area contributed by atoms with Crippen LogP contribution in [0.4, 0.5) is 0 Å². The van der Waals surface area contributed by atoms with Gasteiger partial charge < -0.3 is 20.4 Å². The Balaban J connectivity index is 1.69. The van der Waals surface area contributed by atoms with E-state index in [4.69, 9.17) is 0 Å². The van der Waals surface area contributed by atoms with Crippen molar-refractivity contribution in [2.24, 2.45) is 0 Å². The Bertz CT molecular complexity index is 1440. The molecule has 0 aliphatic carbocycles. The van der Waals surface area contributed by atoms with Crippen LogP contribution in [0.2, 0.25) is 0 Å². The van der Waals surface area contributed by atoms with E-state index >= 15 is 0 Å². The highest BCUT2D eigenvalue weighted by Crippen LogP contribution is 2.43. The number of benzene rings is 5. The molecule has 0 aromatic heterocycles. The van der Waals surface area contributed by atoms with Gasteiger partial charge in [-0.2, -0.15) is 0 Å². The Labute approximate surface area is 222 Å². The Morgan fingerprint density at radius 2 is 0.921 bits per heavy atom. The minimum atomic E-state index is -0.445. The molecular formula is C34H30O4. The number of aromatic hydroxyl groups is 4. The molecule has 0 amide bonds. The molecule has 190 valence electrons. The summed E-state index contributed by atoms with van der Waals surface area (Å²) in [4.78, 5) is 0. The van der Waals surface area contributed by atoms with Crippen LogP contribution in [0.3, 0.4) is 0 Å². The molecule has 0 unspecified atom stereocenters. The molecule has 5 aromatic carbocycles. The average molecular weight is 503 g/mol. The lowest BCUT2D eigenvalue weighted by Crippen LogP contribution is -2.05. The van der Waals surface area contributed by atoms with Gasteiger partial charge in [0.1, 0.15) is 23.0 Å². The monoisotopic (exact) mass is 502 g/mol. The van der Waals surface area contributed by atoms with Crippen LogP contribution in [0.25, 0.3) is 22.3 Å². The van der Waals surface area contributed by atoms with Gasteiger partial charge in [0.25, 0.3) is 0 Å². The molecule has 4 heteroatoms. The number of phenols is 4. The predicted octanol–water partition coefficient (Wildman–Crippen LogP) is 7.98. The predicted molar refractivity (Wildman–Crippen MR) is 152 cm³/mol. The molecule has 0 heterocycles. The van der Waals surface area contributed by atoms with Crippen molar-refractivity contribution < 1.29 is 20.4 Å². The van der Waals surface area contributed by atoms with E-state index in [1.807, 2.05) is 48.5 Å². The van der Waals surface area contributed by atoms with Gasteiger partial charge in [-0.3, -0.25) is 0 Å². The zero-order valence-corrected chi connectivity index (χ0v) is 21.2. The van der Waals surface area contributed by atoms with Crippen LogP contribution < -0.4 is 0 Å². The Hall–Kier alpha value is -4.70. The molecule has 38 heavy (non-hydrogen) atoms. The van der Waals surface area contributed by atoms with Gasteiger partial charge in [0.05, 0.1) is 0 Å². The zero-order chi connectivity index (χ0) is 26.6. The summed E-state index contributed by atoms with van der Waals surface area (Å²) >= 11 is 0. The van der Waals surface area contributed by atoms with Crippen LogP contribution in [0.15, 0.2) is 109 Å². The number of rotatable bonds is 7. The Morgan fingerprint density at radius 1 is 0.500 bits per heavy atom. The lowest BCUT2D eigenvalue weighted by atomic mass is 9.81. The quantitative estimate of drug-likeness (QED) is 0.170. The largest absolute Gasteiger partial charge is 0.508 e. The maximum absolute atomic E-state index is 11.1. The van der Waals surface area contributed by atoms with E-state index in [0.29, 0.717) is 11.1 Å². The molecule has 0 saturated heterocycles. The normalized spacial score (nSPS) is 11.1. The summed E-state index contributed by atoms with van der Waals surface area (Å²) in [5, 5.41) is 41.7. The molecule has 0 spiro atoms. The van der Waals surface area contributed by atoms with E-state index < -0.39 is 5.92 Å². The summed E-state index contributed by atoms with van der Waals surface area (Å²) in [7, 11) is 0. The fourth-order valence-corrected chi connectivity index (χ4v) is 4.93. The van der Waals surface area contributed by atoms with Gasteiger partial charge in [0.2, 0.25) is 0 Å².